The van der Waals surface area contributed by atoms with Crippen LogP contribution < -0.4 is 5.32 Å². The Morgan fingerprint density at radius 1 is 1.13 bits per heavy atom. The number of rotatable bonds is 6. The molecule has 0 saturated carbocycles. The van der Waals surface area contributed by atoms with Crippen molar-refractivity contribution in [1.29, 1.82) is 0 Å². The Bertz CT molecular complexity index is 255. The zero-order chi connectivity index (χ0) is 11.1. The molecule has 1 aromatic rings. The molecule has 1 nitrogen and oxygen atoms in total. The number of hydrogen-bond acceptors (Lipinski definition) is 1. The average molecular weight is 205 g/mol. The summed E-state index contributed by atoms with van der Waals surface area (Å²) in [5.41, 5.74) is 1.42. The number of nitrogens with one attached hydrogen (secondary N) is 1. The molecule has 1 rings (SSSR count). The van der Waals surface area contributed by atoms with Crippen molar-refractivity contribution in [2.75, 3.05) is 6.54 Å². The van der Waals surface area contributed by atoms with Gasteiger partial charge >= 0.3 is 0 Å². The molecule has 0 bridgehead atoms. The molecule has 0 aliphatic rings. The lowest BCUT2D eigenvalue weighted by Gasteiger charge is -2.24. The quantitative estimate of drug-likeness (QED) is 0.745. The normalized spacial score (nSPS) is 14.9. The van der Waals surface area contributed by atoms with Gasteiger partial charge in [-0.2, -0.15) is 0 Å². The van der Waals surface area contributed by atoms with Crippen molar-refractivity contribution >= 4 is 0 Å². The first-order chi connectivity index (χ1) is 7.29. The minimum atomic E-state index is 0.510. The molecule has 1 N–H and O–H groups in total. The van der Waals surface area contributed by atoms with Crippen LogP contribution in [0.4, 0.5) is 0 Å². The smallest absolute Gasteiger partial charge is 0.0345 e. The van der Waals surface area contributed by atoms with Gasteiger partial charge in [-0.05, 0) is 24.4 Å². The van der Waals surface area contributed by atoms with Crippen molar-refractivity contribution in [3.8, 4) is 0 Å². The Kier molecular flexibility index (Phi) is 5.41. The van der Waals surface area contributed by atoms with Crippen LogP contribution in [0, 0.1) is 5.92 Å². The van der Waals surface area contributed by atoms with E-state index in [0.717, 1.165) is 6.54 Å². The van der Waals surface area contributed by atoms with Crippen molar-refractivity contribution in [1.82, 2.24) is 5.32 Å². The fraction of sp³-hybridized carbons (Fsp3) is 0.571. The predicted molar refractivity (Wildman–Crippen MR) is 66.9 cm³/mol. The fourth-order valence-corrected chi connectivity index (χ4v) is 1.84. The third-order valence-corrected chi connectivity index (χ3v) is 2.99. The first-order valence-corrected chi connectivity index (χ1v) is 6.07. The molecule has 84 valence electrons. The van der Waals surface area contributed by atoms with Crippen LogP contribution in [0.25, 0.3) is 0 Å². The molecule has 0 fully saturated rings. The van der Waals surface area contributed by atoms with Gasteiger partial charge in [-0.15, -0.1) is 0 Å². The highest BCUT2D eigenvalue weighted by Gasteiger charge is 2.16. The summed E-state index contributed by atoms with van der Waals surface area (Å²) in [4.78, 5) is 0. The molecule has 1 heteroatoms. The van der Waals surface area contributed by atoms with Gasteiger partial charge in [-0.1, -0.05) is 57.5 Å². The van der Waals surface area contributed by atoms with E-state index in [1.54, 1.807) is 0 Å². The molecule has 0 aliphatic heterocycles. The van der Waals surface area contributed by atoms with Gasteiger partial charge in [-0.3, -0.25) is 0 Å². The average Bonchev–Trinajstić information content (AvgIpc) is 2.30. The summed E-state index contributed by atoms with van der Waals surface area (Å²) in [6.07, 6.45) is 2.41. The predicted octanol–water partition coefficient (Wildman–Crippen LogP) is 3.77. The van der Waals surface area contributed by atoms with Crippen LogP contribution in [0.2, 0.25) is 0 Å². The van der Waals surface area contributed by atoms with E-state index < -0.39 is 0 Å². The van der Waals surface area contributed by atoms with E-state index in [4.69, 9.17) is 0 Å². The second-order valence-electron chi connectivity index (χ2n) is 4.23. The van der Waals surface area contributed by atoms with Gasteiger partial charge < -0.3 is 5.32 Å². The molecular weight excluding hydrogens is 182 g/mol. The highest BCUT2D eigenvalue weighted by Crippen LogP contribution is 2.23. The third-order valence-electron chi connectivity index (χ3n) is 2.99. The van der Waals surface area contributed by atoms with Crippen molar-refractivity contribution in [2.45, 2.75) is 39.7 Å². The van der Waals surface area contributed by atoms with Crippen LogP contribution in [-0.4, -0.2) is 6.54 Å². The maximum atomic E-state index is 3.64. The van der Waals surface area contributed by atoms with Gasteiger partial charge in [0.05, 0.1) is 0 Å². The first-order valence-electron chi connectivity index (χ1n) is 6.07. The van der Waals surface area contributed by atoms with Crippen molar-refractivity contribution in [3.63, 3.8) is 0 Å². The minimum Gasteiger partial charge on any atom is -0.310 e. The van der Waals surface area contributed by atoms with Gasteiger partial charge in [0.1, 0.15) is 0 Å². The summed E-state index contributed by atoms with van der Waals surface area (Å²) in [6.45, 7) is 7.89. The molecule has 0 spiro atoms. The summed E-state index contributed by atoms with van der Waals surface area (Å²) >= 11 is 0. The van der Waals surface area contributed by atoms with Gasteiger partial charge in [0.15, 0.2) is 0 Å². The number of benzene rings is 1. The van der Waals surface area contributed by atoms with Gasteiger partial charge in [0.25, 0.3) is 0 Å². The molecule has 2 unspecified atom stereocenters. The first kappa shape index (κ1) is 12.3. The fourth-order valence-electron chi connectivity index (χ4n) is 1.84. The van der Waals surface area contributed by atoms with E-state index in [0.29, 0.717) is 12.0 Å². The van der Waals surface area contributed by atoms with Crippen molar-refractivity contribution in [3.05, 3.63) is 35.9 Å². The lowest BCUT2D eigenvalue weighted by atomic mass is 9.92. The largest absolute Gasteiger partial charge is 0.310 e. The van der Waals surface area contributed by atoms with Crippen LogP contribution >= 0.6 is 0 Å². The molecule has 15 heavy (non-hydrogen) atoms. The third kappa shape index (κ3) is 3.67. The Morgan fingerprint density at radius 2 is 1.80 bits per heavy atom. The second-order valence-corrected chi connectivity index (χ2v) is 4.23. The van der Waals surface area contributed by atoms with Crippen LogP contribution in [0.5, 0.6) is 0 Å². The zero-order valence-corrected chi connectivity index (χ0v) is 10.2. The van der Waals surface area contributed by atoms with Crippen molar-refractivity contribution in [2.24, 2.45) is 5.92 Å². The maximum Gasteiger partial charge on any atom is 0.0345 e. The molecule has 2 atom stereocenters. The Balaban J connectivity index is 2.72. The van der Waals surface area contributed by atoms with Crippen molar-refractivity contribution < 1.29 is 0 Å². The van der Waals surface area contributed by atoms with Crippen LogP contribution in [-0.2, 0) is 0 Å². The summed E-state index contributed by atoms with van der Waals surface area (Å²) < 4.78 is 0. The minimum absolute atomic E-state index is 0.510. The van der Waals surface area contributed by atoms with E-state index >= 15 is 0 Å². The van der Waals surface area contributed by atoms with Crippen LogP contribution in [0.1, 0.15) is 45.2 Å². The Hall–Kier alpha value is -0.820. The van der Waals surface area contributed by atoms with Gasteiger partial charge in [0, 0.05) is 6.04 Å². The maximum absolute atomic E-state index is 3.64. The van der Waals surface area contributed by atoms with Gasteiger partial charge in [-0.25, -0.2) is 0 Å². The molecule has 0 saturated heterocycles. The van der Waals surface area contributed by atoms with Crippen LogP contribution in [0.3, 0.4) is 0 Å². The standard InChI is InChI=1S/C14H23N/c1-4-11-15-14(12(3)5-2)13-9-7-6-8-10-13/h6-10,12,14-15H,4-5,11H2,1-3H3. The highest BCUT2D eigenvalue weighted by molar-refractivity contribution is 5.19. The Labute approximate surface area is 93.9 Å². The molecular formula is C14H23N. The summed E-state index contributed by atoms with van der Waals surface area (Å²) in [5.74, 6) is 0.693. The van der Waals surface area contributed by atoms with E-state index in [1.165, 1.54) is 18.4 Å². The Morgan fingerprint density at radius 3 is 2.33 bits per heavy atom. The topological polar surface area (TPSA) is 12.0 Å². The van der Waals surface area contributed by atoms with E-state index in [1.807, 2.05) is 0 Å². The molecule has 1 aromatic carbocycles. The summed E-state index contributed by atoms with van der Waals surface area (Å²) in [7, 11) is 0. The monoisotopic (exact) mass is 205 g/mol. The lowest BCUT2D eigenvalue weighted by molar-refractivity contribution is 0.377. The lowest BCUT2D eigenvalue weighted by Crippen LogP contribution is -2.27. The highest BCUT2D eigenvalue weighted by atomic mass is 14.9. The second kappa shape index (κ2) is 6.62. The molecule has 0 radical (unpaired) electrons. The molecule has 0 aliphatic carbocycles. The molecule has 0 aromatic heterocycles. The summed E-state index contributed by atoms with van der Waals surface area (Å²) in [6, 6.07) is 11.3. The van der Waals surface area contributed by atoms with Gasteiger partial charge in [0.2, 0.25) is 0 Å². The van der Waals surface area contributed by atoms with Crippen LogP contribution in [0.15, 0.2) is 30.3 Å². The SMILES string of the molecule is CCCNC(c1ccccc1)C(C)CC. The summed E-state index contributed by atoms with van der Waals surface area (Å²) in [5, 5.41) is 3.64. The van der Waals surface area contributed by atoms with E-state index in [-0.39, 0.29) is 0 Å². The van der Waals surface area contributed by atoms with E-state index in [2.05, 4.69) is 56.4 Å². The van der Waals surface area contributed by atoms with E-state index in [9.17, 15) is 0 Å². The molecule has 0 amide bonds. The number of hydrogen-bond donors (Lipinski definition) is 1. The molecule has 0 heterocycles. The zero-order valence-electron chi connectivity index (χ0n) is 10.2.